The number of nitrogens with two attached hydrogens (primary N) is 1. The highest BCUT2D eigenvalue weighted by Gasteiger charge is 2.18. The number of hydrogen-bond donors (Lipinski definition) is 2. The van der Waals surface area contributed by atoms with E-state index < -0.39 is 12.1 Å². The molecule has 3 nitrogen and oxygen atoms in total. The fourth-order valence-electron chi connectivity index (χ4n) is 1.50. The summed E-state index contributed by atoms with van der Waals surface area (Å²) in [5.74, 6) is 0.735. The third-order valence-electron chi connectivity index (χ3n) is 2.36. The second-order valence-corrected chi connectivity index (χ2v) is 3.46. The number of rotatable bonds is 3. The maximum absolute atomic E-state index is 9.44. The highest BCUT2D eigenvalue weighted by atomic mass is 16.5. The molecule has 0 spiro atoms. The Morgan fingerprint density at radius 3 is 2.57 bits per heavy atom. The van der Waals surface area contributed by atoms with Crippen molar-refractivity contribution in [3.8, 4) is 5.75 Å². The van der Waals surface area contributed by atoms with E-state index in [9.17, 15) is 5.11 Å². The summed E-state index contributed by atoms with van der Waals surface area (Å²) < 4.78 is 5.21. The third-order valence-corrected chi connectivity index (χ3v) is 2.36. The Hall–Kier alpha value is -1.06. The summed E-state index contributed by atoms with van der Waals surface area (Å²) >= 11 is 0. The summed E-state index contributed by atoms with van der Waals surface area (Å²) in [6.45, 7) is 3.64. The lowest BCUT2D eigenvalue weighted by atomic mass is 9.97. The maximum atomic E-state index is 9.44. The monoisotopic (exact) mass is 195 g/mol. The molecule has 14 heavy (non-hydrogen) atoms. The average molecular weight is 195 g/mol. The zero-order valence-electron chi connectivity index (χ0n) is 8.82. The maximum Gasteiger partial charge on any atom is 0.123 e. The van der Waals surface area contributed by atoms with Gasteiger partial charge in [-0.2, -0.15) is 0 Å². The van der Waals surface area contributed by atoms with Gasteiger partial charge >= 0.3 is 0 Å². The van der Waals surface area contributed by atoms with E-state index in [0.717, 1.165) is 16.9 Å². The number of aliphatic hydroxyl groups excluding tert-OH is 1. The number of methoxy groups -OCH3 is 1. The molecule has 0 aliphatic rings. The van der Waals surface area contributed by atoms with E-state index in [1.807, 2.05) is 25.1 Å². The minimum absolute atomic E-state index is 0.397. The zero-order chi connectivity index (χ0) is 10.7. The molecule has 0 aliphatic carbocycles. The highest BCUT2D eigenvalue weighted by molar-refractivity contribution is 5.42. The van der Waals surface area contributed by atoms with Crippen molar-refractivity contribution >= 4 is 0 Å². The molecule has 3 N–H and O–H groups in total. The quantitative estimate of drug-likeness (QED) is 0.766. The Bertz CT molecular complexity index is 310. The molecule has 78 valence electrons. The van der Waals surface area contributed by atoms with Gasteiger partial charge in [0.1, 0.15) is 5.75 Å². The predicted octanol–water partition coefficient (Wildman–Crippen LogP) is 1.38. The fourth-order valence-corrected chi connectivity index (χ4v) is 1.50. The van der Waals surface area contributed by atoms with Crippen molar-refractivity contribution in [3.63, 3.8) is 0 Å². The van der Waals surface area contributed by atoms with E-state index in [1.165, 1.54) is 0 Å². The fraction of sp³-hybridized carbons (Fsp3) is 0.455. The Kier molecular flexibility index (Phi) is 3.49. The molecule has 0 bridgehead atoms. The van der Waals surface area contributed by atoms with Crippen LogP contribution >= 0.6 is 0 Å². The molecule has 3 heteroatoms. The molecule has 0 saturated carbocycles. The van der Waals surface area contributed by atoms with Crippen molar-refractivity contribution in [2.75, 3.05) is 7.11 Å². The van der Waals surface area contributed by atoms with E-state index in [1.54, 1.807) is 14.0 Å². The largest absolute Gasteiger partial charge is 0.496 e. The van der Waals surface area contributed by atoms with Gasteiger partial charge in [0.25, 0.3) is 0 Å². The lowest BCUT2D eigenvalue weighted by Crippen LogP contribution is -2.24. The summed E-state index contributed by atoms with van der Waals surface area (Å²) in [6, 6.07) is 5.32. The van der Waals surface area contributed by atoms with Gasteiger partial charge in [0.05, 0.1) is 19.3 Å². The number of aryl methyl sites for hydroxylation is 1. The smallest absolute Gasteiger partial charge is 0.123 e. The molecule has 1 rings (SSSR count). The molecule has 0 radical (unpaired) electrons. The van der Waals surface area contributed by atoms with Crippen LogP contribution in [0.1, 0.15) is 24.1 Å². The lowest BCUT2D eigenvalue weighted by Gasteiger charge is -2.20. The average Bonchev–Trinajstić information content (AvgIpc) is 2.16. The first-order valence-corrected chi connectivity index (χ1v) is 4.65. The van der Waals surface area contributed by atoms with Crippen LogP contribution in [0.15, 0.2) is 18.2 Å². The van der Waals surface area contributed by atoms with Crippen LogP contribution in [0.5, 0.6) is 5.75 Å². The van der Waals surface area contributed by atoms with E-state index in [0.29, 0.717) is 0 Å². The number of hydrogen-bond acceptors (Lipinski definition) is 3. The minimum atomic E-state index is -0.579. The van der Waals surface area contributed by atoms with Gasteiger partial charge in [-0.15, -0.1) is 0 Å². The van der Waals surface area contributed by atoms with Crippen molar-refractivity contribution in [1.29, 1.82) is 0 Å². The van der Waals surface area contributed by atoms with Crippen molar-refractivity contribution in [3.05, 3.63) is 29.3 Å². The van der Waals surface area contributed by atoms with Crippen LogP contribution in [0.4, 0.5) is 0 Å². The standard InChI is InChI=1S/C11H17NO2/c1-7-5-4-6-9(14-3)10(7)11(12)8(2)13/h4-6,8,11,13H,12H2,1-3H3/t8-,11-/m1/s1. The summed E-state index contributed by atoms with van der Waals surface area (Å²) in [5.41, 5.74) is 7.80. The third kappa shape index (κ3) is 2.05. The van der Waals surface area contributed by atoms with Gasteiger partial charge < -0.3 is 15.6 Å². The molecule has 2 atom stereocenters. The van der Waals surface area contributed by atoms with E-state index in [2.05, 4.69) is 0 Å². The van der Waals surface area contributed by atoms with Crippen molar-refractivity contribution in [1.82, 2.24) is 0 Å². The summed E-state index contributed by atoms with van der Waals surface area (Å²) in [4.78, 5) is 0. The Morgan fingerprint density at radius 1 is 1.43 bits per heavy atom. The van der Waals surface area contributed by atoms with Gasteiger partial charge in [-0.25, -0.2) is 0 Å². The summed E-state index contributed by atoms with van der Waals surface area (Å²) in [5, 5.41) is 9.44. The minimum Gasteiger partial charge on any atom is -0.496 e. The Labute approximate surface area is 84.5 Å². The van der Waals surface area contributed by atoms with Crippen LogP contribution in [0, 0.1) is 6.92 Å². The summed E-state index contributed by atoms with van der Waals surface area (Å²) in [6.07, 6.45) is -0.579. The molecule has 1 aromatic carbocycles. The van der Waals surface area contributed by atoms with Crippen LogP contribution in [0.2, 0.25) is 0 Å². The van der Waals surface area contributed by atoms with Gasteiger partial charge in [0.2, 0.25) is 0 Å². The first-order chi connectivity index (χ1) is 6.57. The number of aliphatic hydroxyl groups is 1. The second kappa shape index (κ2) is 4.44. The Morgan fingerprint density at radius 2 is 2.07 bits per heavy atom. The number of ether oxygens (including phenoxy) is 1. The SMILES string of the molecule is COc1cccc(C)c1[C@H](N)[C@@H](C)O. The molecule has 0 amide bonds. The molecule has 1 aromatic rings. The van der Waals surface area contributed by atoms with Crippen molar-refractivity contribution in [2.24, 2.45) is 5.73 Å². The van der Waals surface area contributed by atoms with Crippen LogP contribution in [-0.4, -0.2) is 18.3 Å². The van der Waals surface area contributed by atoms with Gasteiger partial charge in [0.15, 0.2) is 0 Å². The zero-order valence-corrected chi connectivity index (χ0v) is 8.82. The van der Waals surface area contributed by atoms with Crippen LogP contribution in [0.3, 0.4) is 0 Å². The normalized spacial score (nSPS) is 14.9. The van der Waals surface area contributed by atoms with Gasteiger partial charge in [-0.1, -0.05) is 12.1 Å². The van der Waals surface area contributed by atoms with E-state index in [4.69, 9.17) is 10.5 Å². The molecule has 0 saturated heterocycles. The lowest BCUT2D eigenvalue weighted by molar-refractivity contribution is 0.162. The molecule has 0 aliphatic heterocycles. The van der Waals surface area contributed by atoms with E-state index >= 15 is 0 Å². The second-order valence-electron chi connectivity index (χ2n) is 3.46. The van der Waals surface area contributed by atoms with Crippen molar-refractivity contribution < 1.29 is 9.84 Å². The summed E-state index contributed by atoms with van der Waals surface area (Å²) in [7, 11) is 1.60. The van der Waals surface area contributed by atoms with E-state index in [-0.39, 0.29) is 0 Å². The van der Waals surface area contributed by atoms with Crippen molar-refractivity contribution in [2.45, 2.75) is 26.0 Å². The molecule has 0 unspecified atom stereocenters. The molecule has 0 fully saturated rings. The van der Waals surface area contributed by atoms with Crippen LogP contribution in [-0.2, 0) is 0 Å². The Balaban J connectivity index is 3.16. The predicted molar refractivity (Wildman–Crippen MR) is 56.3 cm³/mol. The topological polar surface area (TPSA) is 55.5 Å². The van der Waals surface area contributed by atoms with Gasteiger partial charge in [-0.05, 0) is 25.5 Å². The van der Waals surface area contributed by atoms with Crippen LogP contribution in [0.25, 0.3) is 0 Å². The molecular weight excluding hydrogens is 178 g/mol. The molecular formula is C11H17NO2. The van der Waals surface area contributed by atoms with Crippen LogP contribution < -0.4 is 10.5 Å². The number of benzene rings is 1. The molecule has 0 aromatic heterocycles. The van der Waals surface area contributed by atoms with Gasteiger partial charge in [0, 0.05) is 5.56 Å². The molecule has 0 heterocycles. The highest BCUT2D eigenvalue weighted by Crippen LogP contribution is 2.28. The first-order valence-electron chi connectivity index (χ1n) is 4.65. The first kappa shape index (κ1) is 11.0. The van der Waals surface area contributed by atoms with Gasteiger partial charge in [-0.3, -0.25) is 0 Å².